The molecule has 1 saturated heterocycles. The Balaban J connectivity index is 0.00000341. The molecule has 0 saturated carbocycles. The lowest BCUT2D eigenvalue weighted by Gasteiger charge is -2.19. The van der Waals surface area contributed by atoms with Gasteiger partial charge in [-0.05, 0) is 43.2 Å². The number of nitrogens with one attached hydrogen (secondary N) is 2. The van der Waals surface area contributed by atoms with Crippen LogP contribution in [0.2, 0.25) is 0 Å². The lowest BCUT2D eigenvalue weighted by atomic mass is 10.2. The van der Waals surface area contributed by atoms with Gasteiger partial charge in [0.2, 0.25) is 0 Å². The van der Waals surface area contributed by atoms with E-state index in [1.165, 1.54) is 6.07 Å². The van der Waals surface area contributed by atoms with Crippen molar-refractivity contribution in [3.8, 4) is 11.5 Å². The third-order valence-electron chi connectivity index (χ3n) is 5.00. The van der Waals surface area contributed by atoms with Gasteiger partial charge in [0, 0.05) is 44.5 Å². The van der Waals surface area contributed by atoms with Crippen molar-refractivity contribution in [3.63, 3.8) is 0 Å². The maximum Gasteiger partial charge on any atom is 0.191 e. The second-order valence-electron chi connectivity index (χ2n) is 7.21. The molecule has 7 nitrogen and oxygen atoms in total. The quantitative estimate of drug-likeness (QED) is 0.303. The molecule has 1 fully saturated rings. The number of pyridine rings is 1. The van der Waals surface area contributed by atoms with Crippen molar-refractivity contribution in [2.24, 2.45) is 4.99 Å². The number of likely N-dealkylation sites (tertiary alicyclic amines) is 1. The van der Waals surface area contributed by atoms with Crippen LogP contribution in [0.5, 0.6) is 11.5 Å². The fourth-order valence-corrected chi connectivity index (χ4v) is 3.51. The van der Waals surface area contributed by atoms with E-state index in [1.807, 2.05) is 25.1 Å². The van der Waals surface area contributed by atoms with E-state index >= 15 is 0 Å². The molecule has 0 aliphatic carbocycles. The van der Waals surface area contributed by atoms with Gasteiger partial charge in [-0.1, -0.05) is 0 Å². The van der Waals surface area contributed by atoms with Crippen LogP contribution in [0, 0.1) is 5.82 Å². The van der Waals surface area contributed by atoms with Crippen molar-refractivity contribution < 1.29 is 13.9 Å². The first kappa shape index (κ1) is 25.1. The van der Waals surface area contributed by atoms with Gasteiger partial charge in [-0.3, -0.25) is 9.88 Å². The molecule has 170 valence electrons. The summed E-state index contributed by atoms with van der Waals surface area (Å²) in [5, 5.41) is 6.70. The minimum absolute atomic E-state index is 0. The van der Waals surface area contributed by atoms with Crippen molar-refractivity contribution in [1.82, 2.24) is 20.5 Å². The lowest BCUT2D eigenvalue weighted by Crippen LogP contribution is -2.44. The first-order valence-electron chi connectivity index (χ1n) is 10.2. The molecule has 1 atom stereocenters. The van der Waals surface area contributed by atoms with Crippen molar-refractivity contribution in [3.05, 3.63) is 53.6 Å². The smallest absolute Gasteiger partial charge is 0.191 e. The van der Waals surface area contributed by atoms with E-state index in [2.05, 4.69) is 25.5 Å². The Morgan fingerprint density at radius 2 is 2.00 bits per heavy atom. The van der Waals surface area contributed by atoms with Gasteiger partial charge in [0.05, 0.1) is 26.5 Å². The molecule has 1 aliphatic rings. The van der Waals surface area contributed by atoms with Crippen LogP contribution in [-0.2, 0) is 13.1 Å². The molecule has 0 radical (unpaired) electrons. The fourth-order valence-electron chi connectivity index (χ4n) is 3.51. The molecule has 0 bridgehead atoms. The van der Waals surface area contributed by atoms with Crippen LogP contribution < -0.4 is 20.1 Å². The van der Waals surface area contributed by atoms with E-state index in [0.29, 0.717) is 11.7 Å². The maximum absolute atomic E-state index is 13.8. The van der Waals surface area contributed by atoms with E-state index in [-0.39, 0.29) is 42.4 Å². The minimum Gasteiger partial charge on any atom is -0.497 e. The van der Waals surface area contributed by atoms with E-state index in [1.54, 1.807) is 26.5 Å². The molecular formula is C22H31FIN5O2. The second-order valence-corrected chi connectivity index (χ2v) is 7.21. The molecule has 2 N–H and O–H groups in total. The van der Waals surface area contributed by atoms with Crippen LogP contribution in [0.4, 0.5) is 4.39 Å². The number of aliphatic imine (C=N–C) groups is 1. The molecule has 1 aromatic heterocycles. The summed E-state index contributed by atoms with van der Waals surface area (Å²) < 4.78 is 24.5. The van der Waals surface area contributed by atoms with Gasteiger partial charge >= 0.3 is 0 Å². The maximum atomic E-state index is 13.8. The zero-order chi connectivity index (χ0) is 21.3. The Morgan fingerprint density at radius 1 is 1.26 bits per heavy atom. The van der Waals surface area contributed by atoms with E-state index in [0.717, 1.165) is 49.7 Å². The van der Waals surface area contributed by atoms with Crippen LogP contribution >= 0.6 is 24.0 Å². The minimum atomic E-state index is -0.335. The highest BCUT2D eigenvalue weighted by Crippen LogP contribution is 2.24. The normalized spacial score (nSPS) is 16.5. The Bertz CT molecular complexity index is 845. The predicted octanol–water partition coefficient (Wildman–Crippen LogP) is 3.19. The number of hydrogen-bond acceptors (Lipinski definition) is 5. The summed E-state index contributed by atoms with van der Waals surface area (Å²) in [7, 11) is 3.32. The van der Waals surface area contributed by atoms with Crippen LogP contribution in [0.3, 0.4) is 0 Å². The SMILES string of the molecule is CCNC(=NCc1ncccc1F)NC1CCN(Cc2cc(OC)cc(OC)c2)C1.I. The average molecular weight is 543 g/mol. The summed E-state index contributed by atoms with van der Waals surface area (Å²) in [5.74, 6) is 1.93. The highest BCUT2D eigenvalue weighted by molar-refractivity contribution is 14.0. The van der Waals surface area contributed by atoms with Gasteiger partial charge in [0.25, 0.3) is 0 Å². The zero-order valence-corrected chi connectivity index (χ0v) is 20.6. The Labute approximate surface area is 200 Å². The fraction of sp³-hybridized carbons (Fsp3) is 0.455. The van der Waals surface area contributed by atoms with Crippen molar-refractivity contribution >= 4 is 29.9 Å². The summed E-state index contributed by atoms with van der Waals surface area (Å²) in [6.45, 7) is 5.63. The lowest BCUT2D eigenvalue weighted by molar-refractivity contribution is 0.321. The number of nitrogens with zero attached hydrogens (tertiary/aromatic N) is 3. The van der Waals surface area contributed by atoms with Crippen LogP contribution in [0.1, 0.15) is 24.6 Å². The van der Waals surface area contributed by atoms with Crippen molar-refractivity contribution in [2.45, 2.75) is 32.5 Å². The van der Waals surface area contributed by atoms with Crippen molar-refractivity contribution in [2.75, 3.05) is 33.9 Å². The molecule has 1 unspecified atom stereocenters. The highest BCUT2D eigenvalue weighted by atomic mass is 127. The summed E-state index contributed by atoms with van der Waals surface area (Å²) in [6.07, 6.45) is 2.58. The molecule has 2 aromatic rings. The molecule has 9 heteroatoms. The molecule has 1 aliphatic heterocycles. The topological polar surface area (TPSA) is 71.0 Å². The standard InChI is InChI=1S/C22H30FN5O2.HI/c1-4-24-22(26-13-21-20(23)6-5-8-25-21)27-17-7-9-28(15-17)14-16-10-18(29-2)12-19(11-16)30-3;/h5-6,8,10-12,17H,4,7,9,13-15H2,1-3H3,(H2,24,26,27);1H. The van der Waals surface area contributed by atoms with Gasteiger partial charge in [0.1, 0.15) is 17.3 Å². The van der Waals surface area contributed by atoms with Gasteiger partial charge in [-0.25, -0.2) is 9.38 Å². The molecule has 1 aromatic carbocycles. The molecular weight excluding hydrogens is 512 g/mol. The monoisotopic (exact) mass is 543 g/mol. The number of hydrogen-bond donors (Lipinski definition) is 2. The number of methoxy groups -OCH3 is 2. The zero-order valence-electron chi connectivity index (χ0n) is 18.2. The average Bonchev–Trinajstić information content (AvgIpc) is 3.19. The first-order chi connectivity index (χ1) is 14.6. The van der Waals surface area contributed by atoms with Crippen LogP contribution in [0.25, 0.3) is 0 Å². The van der Waals surface area contributed by atoms with Crippen LogP contribution in [-0.4, -0.2) is 55.7 Å². The Morgan fingerprint density at radius 3 is 2.65 bits per heavy atom. The van der Waals surface area contributed by atoms with E-state index < -0.39 is 0 Å². The van der Waals surface area contributed by atoms with Gasteiger partial charge in [-0.15, -0.1) is 24.0 Å². The predicted molar refractivity (Wildman–Crippen MR) is 131 cm³/mol. The van der Waals surface area contributed by atoms with Crippen molar-refractivity contribution in [1.29, 1.82) is 0 Å². The van der Waals surface area contributed by atoms with Crippen LogP contribution in [0.15, 0.2) is 41.5 Å². The van der Waals surface area contributed by atoms with Gasteiger partial charge in [-0.2, -0.15) is 0 Å². The summed E-state index contributed by atoms with van der Waals surface area (Å²) in [6, 6.07) is 9.20. The van der Waals surface area contributed by atoms with Gasteiger partial charge < -0.3 is 20.1 Å². The summed E-state index contributed by atoms with van der Waals surface area (Å²) in [4.78, 5) is 10.9. The number of rotatable bonds is 8. The molecule has 2 heterocycles. The third-order valence-corrected chi connectivity index (χ3v) is 5.00. The number of benzene rings is 1. The number of guanidine groups is 1. The Kier molecular flexibility index (Phi) is 10.3. The first-order valence-corrected chi connectivity index (χ1v) is 10.2. The number of halogens is 2. The molecule has 0 amide bonds. The summed E-state index contributed by atoms with van der Waals surface area (Å²) in [5.41, 5.74) is 1.49. The molecule has 0 spiro atoms. The van der Waals surface area contributed by atoms with Gasteiger partial charge in [0.15, 0.2) is 5.96 Å². The summed E-state index contributed by atoms with van der Waals surface area (Å²) >= 11 is 0. The number of ether oxygens (including phenoxy) is 2. The Hall–Kier alpha value is -2.14. The number of aromatic nitrogens is 1. The largest absolute Gasteiger partial charge is 0.497 e. The molecule has 3 rings (SSSR count). The van der Waals surface area contributed by atoms with E-state index in [9.17, 15) is 4.39 Å². The van der Waals surface area contributed by atoms with E-state index in [4.69, 9.17) is 9.47 Å². The second kappa shape index (κ2) is 12.7. The molecule has 31 heavy (non-hydrogen) atoms. The third kappa shape index (κ3) is 7.49. The highest BCUT2D eigenvalue weighted by Gasteiger charge is 2.23.